The molecule has 1 aliphatic heterocycles. The van der Waals surface area contributed by atoms with E-state index in [-0.39, 0.29) is 17.6 Å². The lowest BCUT2D eigenvalue weighted by Crippen LogP contribution is -2.70. The Morgan fingerprint density at radius 2 is 2.14 bits per heavy atom. The molecule has 1 heterocycles. The van der Waals surface area contributed by atoms with E-state index < -0.39 is 0 Å². The van der Waals surface area contributed by atoms with Gasteiger partial charge in [0.25, 0.3) is 5.91 Å². The topological polar surface area (TPSA) is 55.6 Å². The van der Waals surface area contributed by atoms with Gasteiger partial charge in [-0.05, 0) is 25.7 Å². The van der Waals surface area contributed by atoms with Crippen LogP contribution in [0.4, 0.5) is 0 Å². The SMILES string of the molecule is COC(C)C(=O)N1CC(N)(C2CC2)C1. The minimum atomic E-state index is -0.334. The van der Waals surface area contributed by atoms with Crippen LogP contribution in [-0.4, -0.2) is 42.6 Å². The van der Waals surface area contributed by atoms with Crippen molar-refractivity contribution in [1.82, 2.24) is 4.90 Å². The van der Waals surface area contributed by atoms with Crippen LogP contribution in [0, 0.1) is 5.92 Å². The number of likely N-dealkylation sites (tertiary alicyclic amines) is 1. The Hall–Kier alpha value is -0.610. The van der Waals surface area contributed by atoms with Crippen molar-refractivity contribution < 1.29 is 9.53 Å². The highest BCUT2D eigenvalue weighted by molar-refractivity contribution is 5.81. The van der Waals surface area contributed by atoms with E-state index >= 15 is 0 Å². The van der Waals surface area contributed by atoms with Crippen molar-refractivity contribution in [2.24, 2.45) is 11.7 Å². The largest absolute Gasteiger partial charge is 0.372 e. The zero-order valence-corrected chi connectivity index (χ0v) is 8.82. The maximum absolute atomic E-state index is 11.6. The summed E-state index contributed by atoms with van der Waals surface area (Å²) in [4.78, 5) is 13.4. The summed E-state index contributed by atoms with van der Waals surface area (Å²) in [7, 11) is 1.55. The van der Waals surface area contributed by atoms with Crippen molar-refractivity contribution in [3.8, 4) is 0 Å². The lowest BCUT2D eigenvalue weighted by molar-refractivity contribution is -0.149. The van der Waals surface area contributed by atoms with Crippen molar-refractivity contribution in [1.29, 1.82) is 0 Å². The van der Waals surface area contributed by atoms with Gasteiger partial charge in [-0.1, -0.05) is 0 Å². The van der Waals surface area contributed by atoms with Gasteiger partial charge in [-0.25, -0.2) is 0 Å². The quantitative estimate of drug-likeness (QED) is 0.693. The molecule has 1 amide bonds. The first-order chi connectivity index (χ1) is 6.57. The summed E-state index contributed by atoms with van der Waals surface area (Å²) in [5, 5.41) is 0. The second kappa shape index (κ2) is 3.21. The predicted molar refractivity (Wildman–Crippen MR) is 52.7 cm³/mol. The monoisotopic (exact) mass is 198 g/mol. The van der Waals surface area contributed by atoms with E-state index in [0.29, 0.717) is 19.0 Å². The molecule has 2 fully saturated rings. The Balaban J connectivity index is 1.84. The van der Waals surface area contributed by atoms with Crippen molar-refractivity contribution in [2.75, 3.05) is 20.2 Å². The van der Waals surface area contributed by atoms with E-state index in [9.17, 15) is 4.79 Å². The maximum Gasteiger partial charge on any atom is 0.251 e. The molecular weight excluding hydrogens is 180 g/mol. The van der Waals surface area contributed by atoms with Gasteiger partial charge in [0.15, 0.2) is 0 Å². The van der Waals surface area contributed by atoms with Crippen LogP contribution < -0.4 is 5.73 Å². The van der Waals surface area contributed by atoms with E-state index in [2.05, 4.69) is 0 Å². The summed E-state index contributed by atoms with van der Waals surface area (Å²) in [6, 6.07) is 0. The number of nitrogens with two attached hydrogens (primary N) is 1. The third-order valence-electron chi connectivity index (χ3n) is 3.37. The van der Waals surface area contributed by atoms with Crippen LogP contribution in [0.3, 0.4) is 0 Å². The minimum Gasteiger partial charge on any atom is -0.372 e. The summed E-state index contributed by atoms with van der Waals surface area (Å²) in [5.41, 5.74) is 6.06. The van der Waals surface area contributed by atoms with Crippen LogP contribution in [0.5, 0.6) is 0 Å². The van der Waals surface area contributed by atoms with E-state index in [1.165, 1.54) is 12.8 Å². The number of hydrogen-bond acceptors (Lipinski definition) is 3. The van der Waals surface area contributed by atoms with E-state index in [4.69, 9.17) is 10.5 Å². The molecule has 0 aromatic carbocycles. The molecule has 0 bridgehead atoms. The summed E-state index contributed by atoms with van der Waals surface area (Å²) in [5.74, 6) is 0.721. The van der Waals surface area contributed by atoms with E-state index in [1.807, 2.05) is 0 Å². The van der Waals surface area contributed by atoms with Gasteiger partial charge in [-0.15, -0.1) is 0 Å². The minimum absolute atomic E-state index is 0.0641. The Labute approximate surface area is 84.4 Å². The summed E-state index contributed by atoms with van der Waals surface area (Å²) in [6.07, 6.45) is 2.13. The zero-order chi connectivity index (χ0) is 10.3. The first-order valence-corrected chi connectivity index (χ1v) is 5.17. The average molecular weight is 198 g/mol. The van der Waals surface area contributed by atoms with Crippen LogP contribution in [0.1, 0.15) is 19.8 Å². The number of ether oxygens (including phenoxy) is 1. The first kappa shape index (κ1) is 9.93. The number of nitrogens with zero attached hydrogens (tertiary/aromatic N) is 1. The van der Waals surface area contributed by atoms with Gasteiger partial charge in [-0.3, -0.25) is 4.79 Å². The highest BCUT2D eigenvalue weighted by Crippen LogP contribution is 2.43. The fourth-order valence-corrected chi connectivity index (χ4v) is 2.09. The zero-order valence-electron chi connectivity index (χ0n) is 8.82. The average Bonchev–Trinajstić information content (AvgIpc) is 2.93. The molecule has 14 heavy (non-hydrogen) atoms. The molecule has 1 saturated heterocycles. The normalized spacial score (nSPS) is 26.9. The molecule has 4 nitrogen and oxygen atoms in total. The molecule has 1 atom stereocenters. The third kappa shape index (κ3) is 1.53. The fraction of sp³-hybridized carbons (Fsp3) is 0.900. The van der Waals surface area contributed by atoms with Crippen LogP contribution in [0.15, 0.2) is 0 Å². The third-order valence-corrected chi connectivity index (χ3v) is 3.37. The number of hydrogen-bond donors (Lipinski definition) is 1. The molecule has 1 unspecified atom stereocenters. The predicted octanol–water partition coefficient (Wildman–Crippen LogP) is -0.0290. The number of amides is 1. The fourth-order valence-electron chi connectivity index (χ4n) is 2.09. The highest BCUT2D eigenvalue weighted by atomic mass is 16.5. The highest BCUT2D eigenvalue weighted by Gasteiger charge is 2.52. The summed E-state index contributed by atoms with van der Waals surface area (Å²) >= 11 is 0. The molecule has 80 valence electrons. The number of rotatable bonds is 3. The Bertz CT molecular complexity index is 245. The lowest BCUT2D eigenvalue weighted by Gasteiger charge is -2.48. The second-order valence-corrected chi connectivity index (χ2v) is 4.58. The molecule has 1 aliphatic carbocycles. The molecule has 2 N–H and O–H groups in total. The van der Waals surface area contributed by atoms with Gasteiger partial charge in [0.1, 0.15) is 6.10 Å². The van der Waals surface area contributed by atoms with E-state index in [0.717, 1.165) is 0 Å². The maximum atomic E-state index is 11.6. The van der Waals surface area contributed by atoms with Crippen LogP contribution >= 0.6 is 0 Å². The molecule has 2 aliphatic rings. The van der Waals surface area contributed by atoms with Crippen molar-refractivity contribution >= 4 is 5.91 Å². The standard InChI is InChI=1S/C10H18N2O2/c1-7(14-2)9(13)12-5-10(11,6-12)8-3-4-8/h7-8H,3-6,11H2,1-2H3. The van der Waals surface area contributed by atoms with Gasteiger partial charge in [-0.2, -0.15) is 0 Å². The lowest BCUT2D eigenvalue weighted by atomic mass is 9.85. The van der Waals surface area contributed by atoms with Gasteiger partial charge in [0.05, 0.1) is 5.54 Å². The molecular formula is C10H18N2O2. The molecule has 0 spiro atoms. The van der Waals surface area contributed by atoms with E-state index in [1.54, 1.807) is 18.9 Å². The Kier molecular flexibility index (Phi) is 2.27. The summed E-state index contributed by atoms with van der Waals surface area (Å²) < 4.78 is 4.98. The number of methoxy groups -OCH3 is 1. The Morgan fingerprint density at radius 3 is 2.57 bits per heavy atom. The molecule has 4 heteroatoms. The van der Waals surface area contributed by atoms with Crippen molar-refractivity contribution in [2.45, 2.75) is 31.4 Å². The molecule has 0 radical (unpaired) electrons. The molecule has 0 aromatic rings. The van der Waals surface area contributed by atoms with Gasteiger partial charge < -0.3 is 15.4 Å². The van der Waals surface area contributed by atoms with Crippen LogP contribution in [0.2, 0.25) is 0 Å². The summed E-state index contributed by atoms with van der Waals surface area (Å²) in [6.45, 7) is 3.20. The molecule has 0 aromatic heterocycles. The first-order valence-electron chi connectivity index (χ1n) is 5.17. The molecule has 1 saturated carbocycles. The smallest absolute Gasteiger partial charge is 0.251 e. The van der Waals surface area contributed by atoms with Gasteiger partial charge in [0, 0.05) is 20.2 Å². The number of carbonyl (C=O) groups excluding carboxylic acids is 1. The van der Waals surface area contributed by atoms with Gasteiger partial charge >= 0.3 is 0 Å². The van der Waals surface area contributed by atoms with Crippen molar-refractivity contribution in [3.05, 3.63) is 0 Å². The second-order valence-electron chi connectivity index (χ2n) is 4.58. The van der Waals surface area contributed by atoms with Crippen LogP contribution in [0.25, 0.3) is 0 Å². The molecule has 2 rings (SSSR count). The number of carbonyl (C=O) groups is 1. The van der Waals surface area contributed by atoms with Crippen molar-refractivity contribution in [3.63, 3.8) is 0 Å². The Morgan fingerprint density at radius 1 is 1.57 bits per heavy atom. The van der Waals surface area contributed by atoms with Gasteiger partial charge in [0.2, 0.25) is 0 Å². The van der Waals surface area contributed by atoms with Crippen LogP contribution in [-0.2, 0) is 9.53 Å².